The predicted octanol–water partition coefficient (Wildman–Crippen LogP) is 2.48. The second-order valence-electron chi connectivity index (χ2n) is 5.54. The van der Waals surface area contributed by atoms with Crippen molar-refractivity contribution in [2.24, 2.45) is 0 Å². The summed E-state index contributed by atoms with van der Waals surface area (Å²) < 4.78 is 7.33. The number of pyridine rings is 1. The maximum absolute atomic E-state index is 5.82. The number of hydrogen-bond donors (Lipinski definition) is 1. The van der Waals surface area contributed by atoms with Crippen LogP contribution in [0.3, 0.4) is 0 Å². The Bertz CT molecular complexity index is 912. The number of ether oxygens (including phenoxy) is 1. The number of methoxy groups -OCH3 is 1. The van der Waals surface area contributed by atoms with E-state index in [2.05, 4.69) is 33.3 Å². The molecule has 4 rings (SSSR count). The highest BCUT2D eigenvalue weighted by Gasteiger charge is 2.21. The van der Waals surface area contributed by atoms with Crippen LogP contribution in [0.5, 0.6) is 5.88 Å². The highest BCUT2D eigenvalue weighted by Crippen LogP contribution is 2.36. The lowest BCUT2D eigenvalue weighted by Crippen LogP contribution is -2.07. The van der Waals surface area contributed by atoms with Gasteiger partial charge in [0.25, 0.3) is 0 Å². The molecule has 6 heteroatoms. The average molecular weight is 307 g/mol. The van der Waals surface area contributed by atoms with Gasteiger partial charge in [-0.15, -0.1) is 0 Å². The molecule has 23 heavy (non-hydrogen) atoms. The fourth-order valence-corrected chi connectivity index (χ4v) is 3.07. The Morgan fingerprint density at radius 2 is 2.17 bits per heavy atom. The van der Waals surface area contributed by atoms with Crippen molar-refractivity contribution in [1.29, 1.82) is 0 Å². The molecule has 2 N–H and O–H groups in total. The van der Waals surface area contributed by atoms with E-state index >= 15 is 0 Å². The van der Waals surface area contributed by atoms with Crippen LogP contribution < -0.4 is 10.5 Å². The van der Waals surface area contributed by atoms with E-state index in [-0.39, 0.29) is 5.95 Å². The number of aromatic nitrogens is 4. The number of nitrogens with two attached hydrogens (primary N) is 1. The van der Waals surface area contributed by atoms with E-state index in [0.717, 1.165) is 47.2 Å². The molecule has 3 heterocycles. The Morgan fingerprint density at radius 1 is 1.26 bits per heavy atom. The highest BCUT2D eigenvalue weighted by molar-refractivity contribution is 5.85. The van der Waals surface area contributed by atoms with E-state index in [9.17, 15) is 0 Å². The number of nitrogen functional groups attached to an aromatic ring is 1. The lowest BCUT2D eigenvalue weighted by atomic mass is 9.97. The van der Waals surface area contributed by atoms with Crippen molar-refractivity contribution in [3.05, 3.63) is 53.5 Å². The number of nitrogens with zero attached hydrogens (tertiary/aromatic N) is 4. The highest BCUT2D eigenvalue weighted by atomic mass is 16.5. The quantitative estimate of drug-likeness (QED) is 0.787. The zero-order valence-corrected chi connectivity index (χ0v) is 12.9. The molecule has 3 aromatic rings. The molecule has 3 aromatic heterocycles. The lowest BCUT2D eigenvalue weighted by molar-refractivity contribution is 0.395. The first-order valence-electron chi connectivity index (χ1n) is 7.61. The number of anilines is 1. The lowest BCUT2D eigenvalue weighted by Gasteiger charge is -2.14. The molecule has 0 aromatic carbocycles. The van der Waals surface area contributed by atoms with Crippen molar-refractivity contribution in [2.75, 3.05) is 12.8 Å². The third-order valence-electron chi connectivity index (χ3n) is 4.11. The van der Waals surface area contributed by atoms with Gasteiger partial charge < -0.3 is 10.5 Å². The van der Waals surface area contributed by atoms with Crippen LogP contribution in [0.4, 0.5) is 5.95 Å². The summed E-state index contributed by atoms with van der Waals surface area (Å²) in [6.45, 7) is 0. The van der Waals surface area contributed by atoms with Crippen LogP contribution in [0.1, 0.15) is 29.7 Å². The van der Waals surface area contributed by atoms with Gasteiger partial charge in [-0.3, -0.25) is 0 Å². The third kappa shape index (κ3) is 2.32. The normalized spacial score (nSPS) is 14.2. The molecule has 0 saturated heterocycles. The number of allylic oxidation sites excluding steroid dienone is 1. The molecular formula is C17H17N5O. The maximum atomic E-state index is 5.82. The minimum absolute atomic E-state index is 0.257. The Balaban J connectivity index is 1.94. The minimum Gasteiger partial charge on any atom is -0.480 e. The van der Waals surface area contributed by atoms with E-state index in [1.807, 2.05) is 16.8 Å². The van der Waals surface area contributed by atoms with Crippen LogP contribution >= 0.6 is 0 Å². The summed E-state index contributed by atoms with van der Waals surface area (Å²) in [6, 6.07) is 6.15. The van der Waals surface area contributed by atoms with Crippen molar-refractivity contribution in [3.8, 4) is 5.88 Å². The molecule has 0 aliphatic heterocycles. The van der Waals surface area contributed by atoms with Gasteiger partial charge in [0.2, 0.25) is 11.8 Å². The number of rotatable bonds is 2. The first-order valence-corrected chi connectivity index (χ1v) is 7.61. The summed E-state index contributed by atoms with van der Waals surface area (Å²) in [6.07, 6.45) is 8.87. The Kier molecular flexibility index (Phi) is 3.22. The molecular weight excluding hydrogens is 290 g/mol. The Morgan fingerprint density at radius 3 is 3.04 bits per heavy atom. The Labute approximate surface area is 133 Å². The van der Waals surface area contributed by atoms with Crippen LogP contribution in [0.15, 0.2) is 36.7 Å². The van der Waals surface area contributed by atoms with Crippen molar-refractivity contribution in [1.82, 2.24) is 19.6 Å². The molecule has 0 spiro atoms. The topological polar surface area (TPSA) is 78.3 Å². The van der Waals surface area contributed by atoms with Crippen molar-refractivity contribution in [3.63, 3.8) is 0 Å². The molecule has 116 valence electrons. The molecule has 0 radical (unpaired) electrons. The standard InChI is InChI=1S/C17H17N5O/c1-23-16-15-13(4-2-3-5-14(15)20-17(18)21-16)11-7-9-22-12(10-11)6-8-19-22/h4,6-10H,2-3,5H2,1H3,(H2,18,20,21). The van der Waals surface area contributed by atoms with Crippen molar-refractivity contribution >= 4 is 17.0 Å². The zero-order valence-electron chi connectivity index (χ0n) is 12.9. The molecule has 0 saturated carbocycles. The Hall–Kier alpha value is -2.89. The van der Waals surface area contributed by atoms with Gasteiger partial charge in [-0.25, -0.2) is 9.50 Å². The van der Waals surface area contributed by atoms with Gasteiger partial charge in [-0.2, -0.15) is 10.1 Å². The van der Waals surface area contributed by atoms with Crippen LogP contribution in [0, 0.1) is 0 Å². The van der Waals surface area contributed by atoms with Crippen molar-refractivity contribution < 1.29 is 4.74 Å². The molecule has 6 nitrogen and oxygen atoms in total. The summed E-state index contributed by atoms with van der Waals surface area (Å²) in [7, 11) is 1.62. The first kappa shape index (κ1) is 13.8. The van der Waals surface area contributed by atoms with E-state index in [0.29, 0.717) is 5.88 Å². The van der Waals surface area contributed by atoms with Gasteiger partial charge >= 0.3 is 0 Å². The summed E-state index contributed by atoms with van der Waals surface area (Å²) in [4.78, 5) is 8.70. The smallest absolute Gasteiger partial charge is 0.226 e. The van der Waals surface area contributed by atoms with Gasteiger partial charge in [0.05, 0.1) is 23.9 Å². The summed E-state index contributed by atoms with van der Waals surface area (Å²) in [5.41, 5.74) is 11.0. The van der Waals surface area contributed by atoms with Crippen molar-refractivity contribution in [2.45, 2.75) is 19.3 Å². The second-order valence-corrected chi connectivity index (χ2v) is 5.54. The number of fused-ring (bicyclic) bond motifs is 2. The van der Waals surface area contributed by atoms with E-state index in [4.69, 9.17) is 10.5 Å². The molecule has 0 unspecified atom stereocenters. The van der Waals surface area contributed by atoms with E-state index < -0.39 is 0 Å². The number of hydrogen-bond acceptors (Lipinski definition) is 5. The summed E-state index contributed by atoms with van der Waals surface area (Å²) in [5.74, 6) is 0.794. The van der Waals surface area contributed by atoms with Gasteiger partial charge in [0, 0.05) is 12.4 Å². The SMILES string of the molecule is COc1nc(N)nc2c1C(c1ccn3nccc3c1)=CCCC2. The van der Waals surface area contributed by atoms with Gasteiger partial charge in [-0.1, -0.05) is 6.08 Å². The van der Waals surface area contributed by atoms with Crippen LogP contribution in [-0.2, 0) is 6.42 Å². The molecule has 1 aliphatic rings. The molecule has 1 aliphatic carbocycles. The van der Waals surface area contributed by atoms with Crippen LogP contribution in [0.25, 0.3) is 11.1 Å². The molecule has 0 amide bonds. The zero-order chi connectivity index (χ0) is 15.8. The number of aryl methyl sites for hydroxylation is 1. The maximum Gasteiger partial charge on any atom is 0.226 e. The largest absolute Gasteiger partial charge is 0.480 e. The van der Waals surface area contributed by atoms with E-state index in [1.54, 1.807) is 13.3 Å². The van der Waals surface area contributed by atoms with Gasteiger partial charge in [-0.05, 0) is 48.6 Å². The average Bonchev–Trinajstić information content (AvgIpc) is 2.92. The molecule has 0 atom stereocenters. The fraction of sp³-hybridized carbons (Fsp3) is 0.235. The van der Waals surface area contributed by atoms with Crippen LogP contribution in [-0.4, -0.2) is 26.7 Å². The third-order valence-corrected chi connectivity index (χ3v) is 4.11. The van der Waals surface area contributed by atoms with Crippen LogP contribution in [0.2, 0.25) is 0 Å². The van der Waals surface area contributed by atoms with Gasteiger partial charge in [0.1, 0.15) is 0 Å². The van der Waals surface area contributed by atoms with Gasteiger partial charge in [0.15, 0.2) is 0 Å². The summed E-state index contributed by atoms with van der Waals surface area (Å²) in [5, 5.41) is 4.24. The monoisotopic (exact) mass is 307 g/mol. The van der Waals surface area contributed by atoms with E-state index in [1.165, 1.54) is 0 Å². The summed E-state index contributed by atoms with van der Waals surface area (Å²) >= 11 is 0. The molecule has 0 fully saturated rings. The fourth-order valence-electron chi connectivity index (χ4n) is 3.07. The predicted molar refractivity (Wildman–Crippen MR) is 88.2 cm³/mol. The minimum atomic E-state index is 0.257. The second kappa shape index (κ2) is 5.39. The molecule has 0 bridgehead atoms. The first-order chi connectivity index (χ1) is 11.3.